The Balaban J connectivity index is 2.14. The third-order valence-corrected chi connectivity index (χ3v) is 3.99. The fourth-order valence-electron chi connectivity index (χ4n) is 1.68. The van der Waals surface area contributed by atoms with Crippen LogP contribution in [-0.4, -0.2) is 29.0 Å². The van der Waals surface area contributed by atoms with Gasteiger partial charge in [0.05, 0.1) is 23.4 Å². The lowest BCUT2D eigenvalue weighted by molar-refractivity contribution is 0.559. The van der Waals surface area contributed by atoms with Crippen LogP contribution in [0.2, 0.25) is 0 Å². The minimum absolute atomic E-state index is 0.252. The van der Waals surface area contributed by atoms with Gasteiger partial charge in [-0.15, -0.1) is 10.2 Å². The van der Waals surface area contributed by atoms with E-state index in [1.807, 2.05) is 6.07 Å². The van der Waals surface area contributed by atoms with Crippen molar-refractivity contribution in [3.05, 3.63) is 41.2 Å². The summed E-state index contributed by atoms with van der Waals surface area (Å²) >= 11 is 0. The number of nitrogens with zero attached hydrogens (tertiary/aromatic N) is 4. The fourth-order valence-corrected chi connectivity index (χ4v) is 3.07. The molecule has 9 heteroatoms. The summed E-state index contributed by atoms with van der Waals surface area (Å²) in [5.41, 5.74) is 0.785. The molecule has 0 fully saturated rings. The summed E-state index contributed by atoms with van der Waals surface area (Å²) in [7, 11) is -3.62. The highest BCUT2D eigenvalue weighted by Crippen LogP contribution is 2.13. The first-order valence-corrected chi connectivity index (χ1v) is 7.38. The maximum absolute atomic E-state index is 12.1. The van der Waals surface area contributed by atoms with Gasteiger partial charge in [0.25, 0.3) is 0 Å². The molecule has 1 atom stereocenters. The second-order valence-corrected chi connectivity index (χ2v) is 5.89. The zero-order chi connectivity index (χ0) is 14.6. The Labute approximate surface area is 115 Å². The van der Waals surface area contributed by atoms with Crippen molar-refractivity contribution < 1.29 is 8.42 Å². The van der Waals surface area contributed by atoms with E-state index in [1.54, 1.807) is 31.2 Å². The van der Waals surface area contributed by atoms with E-state index in [4.69, 9.17) is 5.26 Å². The highest BCUT2D eigenvalue weighted by atomic mass is 32.2. The number of hydrogen-bond acceptors (Lipinski definition) is 6. The zero-order valence-electron chi connectivity index (χ0n) is 10.6. The summed E-state index contributed by atoms with van der Waals surface area (Å²) in [5.74, 6) is -0.0269. The molecule has 104 valence electrons. The van der Waals surface area contributed by atoms with E-state index in [9.17, 15) is 8.42 Å². The Morgan fingerprint density at radius 2 is 2.20 bits per heavy atom. The third-order valence-electron chi connectivity index (χ3n) is 2.59. The first-order chi connectivity index (χ1) is 9.52. The standard InChI is InChI=1S/C11H12N6O2S/c1-8(11-13-16-17-14-11)15-20(18,19)7-10-5-3-2-4-9(10)6-12/h2-5,8,15H,7H2,1H3,(H,13,14,16,17). The molecule has 2 N–H and O–H groups in total. The quantitative estimate of drug-likeness (QED) is 0.814. The van der Waals surface area contributed by atoms with Gasteiger partial charge in [-0.3, -0.25) is 0 Å². The number of aromatic nitrogens is 4. The molecule has 1 aromatic carbocycles. The minimum Gasteiger partial charge on any atom is -0.212 e. The molecule has 0 aliphatic carbocycles. The molecule has 0 spiro atoms. The van der Waals surface area contributed by atoms with Crippen LogP contribution in [0, 0.1) is 11.3 Å². The average Bonchev–Trinajstić information content (AvgIpc) is 2.92. The number of nitrogens with one attached hydrogen (secondary N) is 2. The fraction of sp³-hybridized carbons (Fsp3) is 0.273. The Bertz CT molecular complexity index is 720. The second kappa shape index (κ2) is 5.77. The number of aromatic amines is 1. The van der Waals surface area contributed by atoms with E-state index in [2.05, 4.69) is 25.3 Å². The van der Waals surface area contributed by atoms with Crippen molar-refractivity contribution in [3.8, 4) is 6.07 Å². The van der Waals surface area contributed by atoms with Gasteiger partial charge < -0.3 is 0 Å². The summed E-state index contributed by atoms with van der Waals surface area (Å²) in [4.78, 5) is 0. The lowest BCUT2D eigenvalue weighted by Crippen LogP contribution is -2.29. The molecule has 0 aliphatic rings. The molecule has 1 aromatic heterocycles. The van der Waals surface area contributed by atoms with Gasteiger partial charge in [-0.1, -0.05) is 23.4 Å². The molecular weight excluding hydrogens is 280 g/mol. The Morgan fingerprint density at radius 1 is 1.45 bits per heavy atom. The summed E-state index contributed by atoms with van der Waals surface area (Å²) in [6.45, 7) is 1.61. The number of benzene rings is 1. The van der Waals surface area contributed by atoms with E-state index in [0.717, 1.165) is 0 Å². The Hall–Kier alpha value is -2.31. The lowest BCUT2D eigenvalue weighted by atomic mass is 10.1. The smallest absolute Gasteiger partial charge is 0.212 e. The van der Waals surface area contributed by atoms with Gasteiger partial charge in [0, 0.05) is 0 Å². The maximum Gasteiger partial charge on any atom is 0.216 e. The van der Waals surface area contributed by atoms with E-state index < -0.39 is 16.1 Å². The molecule has 0 saturated carbocycles. The molecule has 0 amide bonds. The molecule has 20 heavy (non-hydrogen) atoms. The van der Waals surface area contributed by atoms with Crippen molar-refractivity contribution in [1.82, 2.24) is 25.3 Å². The molecule has 1 heterocycles. The van der Waals surface area contributed by atoms with Crippen molar-refractivity contribution >= 4 is 10.0 Å². The number of sulfonamides is 1. The van der Waals surface area contributed by atoms with Gasteiger partial charge in [0.1, 0.15) is 0 Å². The normalized spacial score (nSPS) is 12.8. The predicted molar refractivity (Wildman–Crippen MR) is 69.5 cm³/mol. The summed E-state index contributed by atoms with van der Waals surface area (Å²) in [5, 5.41) is 22.0. The summed E-state index contributed by atoms with van der Waals surface area (Å²) in [6, 6.07) is 7.92. The van der Waals surface area contributed by atoms with Crippen LogP contribution in [0.1, 0.15) is 29.9 Å². The van der Waals surface area contributed by atoms with Crippen molar-refractivity contribution in [2.45, 2.75) is 18.7 Å². The summed E-state index contributed by atoms with van der Waals surface area (Å²) < 4.78 is 26.6. The zero-order valence-corrected chi connectivity index (χ0v) is 11.4. The van der Waals surface area contributed by atoms with Crippen LogP contribution in [0.4, 0.5) is 0 Å². The number of H-pyrrole nitrogens is 1. The molecule has 8 nitrogen and oxygen atoms in total. The van der Waals surface area contributed by atoms with Crippen molar-refractivity contribution in [3.63, 3.8) is 0 Å². The first kappa shape index (κ1) is 14.1. The SMILES string of the molecule is CC(NS(=O)(=O)Cc1ccccc1C#N)c1nn[nH]n1. The lowest BCUT2D eigenvalue weighted by Gasteiger charge is -2.11. The Morgan fingerprint density at radius 3 is 2.85 bits per heavy atom. The van der Waals surface area contributed by atoms with E-state index in [-0.39, 0.29) is 11.6 Å². The first-order valence-electron chi connectivity index (χ1n) is 5.73. The average molecular weight is 292 g/mol. The van der Waals surface area contributed by atoms with Gasteiger partial charge >= 0.3 is 0 Å². The van der Waals surface area contributed by atoms with Crippen LogP contribution in [-0.2, 0) is 15.8 Å². The van der Waals surface area contributed by atoms with Gasteiger partial charge in [-0.05, 0) is 18.6 Å². The molecule has 0 aliphatic heterocycles. The highest BCUT2D eigenvalue weighted by molar-refractivity contribution is 7.88. The van der Waals surface area contributed by atoms with Crippen LogP contribution >= 0.6 is 0 Å². The third kappa shape index (κ3) is 3.37. The topological polar surface area (TPSA) is 124 Å². The summed E-state index contributed by atoms with van der Waals surface area (Å²) in [6.07, 6.45) is 0. The molecule has 1 unspecified atom stereocenters. The number of tetrazole rings is 1. The molecule has 0 bridgehead atoms. The largest absolute Gasteiger partial charge is 0.216 e. The van der Waals surface area contributed by atoms with Gasteiger partial charge in [-0.25, -0.2) is 13.1 Å². The Kier molecular flexibility index (Phi) is 4.07. The van der Waals surface area contributed by atoms with Crippen LogP contribution < -0.4 is 4.72 Å². The molecular formula is C11H12N6O2S. The molecule has 0 saturated heterocycles. The molecule has 2 aromatic rings. The molecule has 2 rings (SSSR count). The van der Waals surface area contributed by atoms with Crippen molar-refractivity contribution in [2.24, 2.45) is 0 Å². The molecule has 0 radical (unpaired) electrons. The number of hydrogen-bond donors (Lipinski definition) is 2. The maximum atomic E-state index is 12.1. The number of nitriles is 1. The van der Waals surface area contributed by atoms with Gasteiger partial charge in [-0.2, -0.15) is 10.5 Å². The van der Waals surface area contributed by atoms with Crippen LogP contribution in [0.3, 0.4) is 0 Å². The predicted octanol–water partition coefficient (Wildman–Crippen LogP) is 0.252. The van der Waals surface area contributed by atoms with Crippen molar-refractivity contribution in [2.75, 3.05) is 0 Å². The minimum atomic E-state index is -3.62. The van der Waals surface area contributed by atoms with E-state index >= 15 is 0 Å². The van der Waals surface area contributed by atoms with E-state index in [1.165, 1.54) is 0 Å². The van der Waals surface area contributed by atoms with Gasteiger partial charge in [0.2, 0.25) is 10.0 Å². The highest BCUT2D eigenvalue weighted by Gasteiger charge is 2.20. The van der Waals surface area contributed by atoms with Crippen LogP contribution in [0.5, 0.6) is 0 Å². The second-order valence-electron chi connectivity index (χ2n) is 4.14. The van der Waals surface area contributed by atoms with Crippen molar-refractivity contribution in [1.29, 1.82) is 5.26 Å². The van der Waals surface area contributed by atoms with E-state index in [0.29, 0.717) is 11.1 Å². The van der Waals surface area contributed by atoms with Crippen LogP contribution in [0.15, 0.2) is 24.3 Å². The van der Waals surface area contributed by atoms with Crippen LogP contribution in [0.25, 0.3) is 0 Å². The number of rotatable bonds is 5. The monoisotopic (exact) mass is 292 g/mol. The van der Waals surface area contributed by atoms with Gasteiger partial charge in [0.15, 0.2) is 5.82 Å².